The average Bonchev–Trinajstić information content (AvgIpc) is 2.58. The predicted octanol–water partition coefficient (Wildman–Crippen LogP) is 1.78. The van der Waals surface area contributed by atoms with Crippen LogP contribution in [0, 0.1) is 17.1 Å². The molecule has 0 aliphatic heterocycles. The molecule has 0 saturated heterocycles. The van der Waals surface area contributed by atoms with Gasteiger partial charge in [0.05, 0.1) is 17.5 Å². The van der Waals surface area contributed by atoms with Crippen molar-refractivity contribution >= 4 is 21.6 Å². The molecule has 0 atom stereocenters. The fraction of sp³-hybridized carbons (Fsp3) is 0.176. The van der Waals surface area contributed by atoms with E-state index in [1.165, 1.54) is 30.3 Å². The number of benzene rings is 2. The van der Waals surface area contributed by atoms with Crippen molar-refractivity contribution in [2.24, 2.45) is 0 Å². The Morgan fingerprint density at radius 1 is 1.20 bits per heavy atom. The van der Waals surface area contributed by atoms with Crippen LogP contribution in [0.25, 0.3) is 0 Å². The van der Waals surface area contributed by atoms with Gasteiger partial charge in [-0.05, 0) is 18.2 Å². The molecule has 0 spiro atoms. The zero-order valence-electron chi connectivity index (χ0n) is 13.4. The van der Waals surface area contributed by atoms with E-state index in [-0.39, 0.29) is 17.8 Å². The van der Waals surface area contributed by atoms with Crippen LogP contribution in [-0.2, 0) is 21.4 Å². The number of anilines is 1. The van der Waals surface area contributed by atoms with Gasteiger partial charge in [0.25, 0.3) is 0 Å². The number of nitriles is 1. The molecule has 2 aromatic carbocycles. The number of amides is 1. The molecule has 0 radical (unpaired) electrons. The van der Waals surface area contributed by atoms with Gasteiger partial charge in [0.15, 0.2) is 0 Å². The highest BCUT2D eigenvalue weighted by Gasteiger charge is 2.23. The molecule has 1 N–H and O–H groups in total. The maximum Gasteiger partial charge on any atom is 0.241 e. The normalized spacial score (nSPS) is 10.8. The molecular formula is C17H16FN3O3S. The smallest absolute Gasteiger partial charge is 0.241 e. The van der Waals surface area contributed by atoms with Crippen LogP contribution in [0.1, 0.15) is 11.1 Å². The highest BCUT2D eigenvalue weighted by atomic mass is 32.2. The number of nitrogens with one attached hydrogen (secondary N) is 1. The Morgan fingerprint density at radius 2 is 1.84 bits per heavy atom. The van der Waals surface area contributed by atoms with Gasteiger partial charge < -0.3 is 5.32 Å². The molecule has 0 bridgehead atoms. The number of nitrogens with zero attached hydrogens (tertiary/aromatic N) is 2. The molecule has 0 heterocycles. The quantitative estimate of drug-likeness (QED) is 0.849. The molecule has 6 nitrogen and oxygen atoms in total. The van der Waals surface area contributed by atoms with Gasteiger partial charge in [-0.15, -0.1) is 0 Å². The van der Waals surface area contributed by atoms with Crippen molar-refractivity contribution in [1.29, 1.82) is 5.26 Å². The number of carbonyl (C=O) groups is 1. The summed E-state index contributed by atoms with van der Waals surface area (Å²) in [5.74, 6) is -1.07. The van der Waals surface area contributed by atoms with E-state index in [0.29, 0.717) is 5.56 Å². The molecule has 1 amide bonds. The summed E-state index contributed by atoms with van der Waals surface area (Å²) >= 11 is 0. The lowest BCUT2D eigenvalue weighted by atomic mass is 10.2. The summed E-state index contributed by atoms with van der Waals surface area (Å²) < 4.78 is 38.5. The fourth-order valence-electron chi connectivity index (χ4n) is 2.19. The van der Waals surface area contributed by atoms with Crippen LogP contribution in [0.5, 0.6) is 0 Å². The van der Waals surface area contributed by atoms with Gasteiger partial charge in [0.2, 0.25) is 15.9 Å². The van der Waals surface area contributed by atoms with Crippen molar-refractivity contribution in [1.82, 2.24) is 5.32 Å². The third-order valence-electron chi connectivity index (χ3n) is 3.41. The number of hydrogen-bond acceptors (Lipinski definition) is 4. The summed E-state index contributed by atoms with van der Waals surface area (Å²) in [6.45, 7) is -0.574. The van der Waals surface area contributed by atoms with Crippen molar-refractivity contribution in [2.75, 3.05) is 17.1 Å². The number of halogens is 1. The van der Waals surface area contributed by atoms with Crippen molar-refractivity contribution in [2.45, 2.75) is 6.54 Å². The fourth-order valence-corrected chi connectivity index (χ4v) is 3.06. The Labute approximate surface area is 145 Å². The van der Waals surface area contributed by atoms with E-state index in [1.807, 2.05) is 6.07 Å². The van der Waals surface area contributed by atoms with Crippen molar-refractivity contribution < 1.29 is 17.6 Å². The summed E-state index contributed by atoms with van der Waals surface area (Å²) in [7, 11) is -3.79. The topological polar surface area (TPSA) is 90.3 Å². The summed E-state index contributed by atoms with van der Waals surface area (Å²) in [5.41, 5.74) is 0.544. The number of para-hydroxylation sites is 1. The third kappa shape index (κ3) is 4.78. The summed E-state index contributed by atoms with van der Waals surface area (Å²) in [4.78, 5) is 12.1. The lowest BCUT2D eigenvalue weighted by Gasteiger charge is -2.22. The summed E-state index contributed by atoms with van der Waals surface area (Å²) in [6.07, 6.45) is 0.950. The molecule has 25 heavy (non-hydrogen) atoms. The standard InChI is InChI=1S/C17H16FN3O3S/c1-25(23,24)21(16-9-5-3-6-13(16)10-19)12-17(22)20-11-14-7-2-4-8-15(14)18/h2-9H,11-12H2,1H3,(H,20,22). The zero-order valence-corrected chi connectivity index (χ0v) is 14.3. The first-order valence-corrected chi connectivity index (χ1v) is 9.14. The largest absolute Gasteiger partial charge is 0.350 e. The van der Waals surface area contributed by atoms with Gasteiger partial charge in [-0.2, -0.15) is 5.26 Å². The molecule has 0 aliphatic carbocycles. The molecule has 0 aliphatic rings. The van der Waals surface area contributed by atoms with Gasteiger partial charge in [-0.3, -0.25) is 9.10 Å². The zero-order chi connectivity index (χ0) is 18.4. The van der Waals surface area contributed by atoms with Gasteiger partial charge in [-0.25, -0.2) is 12.8 Å². The first-order valence-electron chi connectivity index (χ1n) is 7.30. The Hall–Kier alpha value is -2.92. The molecule has 0 aromatic heterocycles. The van der Waals surface area contributed by atoms with Crippen LogP contribution in [0.3, 0.4) is 0 Å². The molecular weight excluding hydrogens is 345 g/mol. The maximum absolute atomic E-state index is 13.6. The Balaban J connectivity index is 2.17. The molecule has 2 aromatic rings. The van der Waals surface area contributed by atoms with Crippen LogP contribution < -0.4 is 9.62 Å². The van der Waals surface area contributed by atoms with Crippen molar-refractivity contribution in [3.05, 3.63) is 65.5 Å². The van der Waals surface area contributed by atoms with Crippen LogP contribution in [0.4, 0.5) is 10.1 Å². The first kappa shape index (κ1) is 18.4. The third-order valence-corrected chi connectivity index (χ3v) is 4.54. The predicted molar refractivity (Wildman–Crippen MR) is 91.6 cm³/mol. The minimum Gasteiger partial charge on any atom is -0.350 e. The van der Waals surface area contributed by atoms with Crippen LogP contribution in [0.2, 0.25) is 0 Å². The van der Waals surface area contributed by atoms with E-state index in [4.69, 9.17) is 5.26 Å². The number of carbonyl (C=O) groups excluding carboxylic acids is 1. The minimum atomic E-state index is -3.79. The van der Waals surface area contributed by atoms with Crippen molar-refractivity contribution in [3.8, 4) is 6.07 Å². The van der Waals surface area contributed by atoms with E-state index in [2.05, 4.69) is 5.32 Å². The van der Waals surface area contributed by atoms with E-state index < -0.39 is 28.3 Å². The van der Waals surface area contributed by atoms with Crippen LogP contribution >= 0.6 is 0 Å². The first-order chi connectivity index (χ1) is 11.8. The maximum atomic E-state index is 13.6. The lowest BCUT2D eigenvalue weighted by molar-refractivity contribution is -0.119. The Bertz CT molecular complexity index is 923. The van der Waals surface area contributed by atoms with E-state index in [0.717, 1.165) is 10.6 Å². The molecule has 0 saturated carbocycles. The van der Waals surface area contributed by atoms with E-state index >= 15 is 0 Å². The van der Waals surface area contributed by atoms with E-state index in [1.54, 1.807) is 18.2 Å². The highest BCUT2D eigenvalue weighted by Crippen LogP contribution is 2.21. The monoisotopic (exact) mass is 361 g/mol. The molecule has 130 valence electrons. The molecule has 8 heteroatoms. The number of hydrogen-bond donors (Lipinski definition) is 1. The average molecular weight is 361 g/mol. The van der Waals surface area contributed by atoms with Gasteiger partial charge in [-0.1, -0.05) is 30.3 Å². The summed E-state index contributed by atoms with van der Waals surface area (Å²) in [6, 6.07) is 13.9. The highest BCUT2D eigenvalue weighted by molar-refractivity contribution is 7.92. The van der Waals surface area contributed by atoms with E-state index in [9.17, 15) is 17.6 Å². The van der Waals surface area contributed by atoms with Gasteiger partial charge >= 0.3 is 0 Å². The second-order valence-corrected chi connectivity index (χ2v) is 7.17. The van der Waals surface area contributed by atoms with Crippen LogP contribution in [-0.4, -0.2) is 27.1 Å². The Kier molecular flexibility index (Phi) is 5.72. The summed E-state index contributed by atoms with van der Waals surface area (Å²) in [5, 5.41) is 11.6. The second-order valence-electron chi connectivity index (χ2n) is 5.27. The lowest BCUT2D eigenvalue weighted by Crippen LogP contribution is -2.40. The number of sulfonamides is 1. The van der Waals surface area contributed by atoms with Crippen molar-refractivity contribution in [3.63, 3.8) is 0 Å². The van der Waals surface area contributed by atoms with Gasteiger partial charge in [0.1, 0.15) is 18.4 Å². The minimum absolute atomic E-state index is 0.0665. The molecule has 0 fully saturated rings. The molecule has 2 rings (SSSR count). The Morgan fingerprint density at radius 3 is 2.48 bits per heavy atom. The molecule has 0 unspecified atom stereocenters. The second kappa shape index (κ2) is 7.77. The SMILES string of the molecule is CS(=O)(=O)N(CC(=O)NCc1ccccc1F)c1ccccc1C#N. The van der Waals surface area contributed by atoms with Crippen LogP contribution in [0.15, 0.2) is 48.5 Å². The van der Waals surface area contributed by atoms with Gasteiger partial charge in [0, 0.05) is 12.1 Å². The number of rotatable bonds is 6.